The van der Waals surface area contributed by atoms with Crippen molar-refractivity contribution < 1.29 is 18.0 Å². The molecule has 1 aliphatic rings. The second-order valence-electron chi connectivity index (χ2n) is 8.88. The molecule has 2 aromatic heterocycles. The second kappa shape index (κ2) is 9.09. The van der Waals surface area contributed by atoms with Crippen molar-refractivity contribution in [3.8, 4) is 21.8 Å². The first-order valence-corrected chi connectivity index (χ1v) is 12.1. The van der Waals surface area contributed by atoms with Gasteiger partial charge in [-0.1, -0.05) is 35.6 Å². The van der Waals surface area contributed by atoms with Crippen LogP contribution in [0.2, 0.25) is 0 Å². The zero-order chi connectivity index (χ0) is 24.7. The Labute approximate surface area is 204 Å². The zero-order valence-corrected chi connectivity index (χ0v) is 20.1. The van der Waals surface area contributed by atoms with Crippen LogP contribution in [0.5, 0.6) is 0 Å². The zero-order valence-electron chi connectivity index (χ0n) is 19.3. The summed E-state index contributed by atoms with van der Waals surface area (Å²) in [7, 11) is 4.15. The molecule has 0 radical (unpaired) electrons. The number of aromatic nitrogens is 3. The topological polar surface area (TPSA) is 53.7 Å². The number of halogens is 3. The molecule has 0 spiro atoms. The Kier molecular flexibility index (Phi) is 6.10. The van der Waals surface area contributed by atoms with Crippen molar-refractivity contribution in [2.24, 2.45) is 0 Å². The highest BCUT2D eigenvalue weighted by Gasteiger charge is 2.30. The molecule has 2 aromatic carbocycles. The van der Waals surface area contributed by atoms with Crippen molar-refractivity contribution in [2.75, 3.05) is 27.2 Å². The number of alkyl halides is 3. The monoisotopic (exact) mass is 499 g/mol. The molecule has 0 unspecified atom stereocenters. The predicted octanol–water partition coefficient (Wildman–Crippen LogP) is 5.31. The Morgan fingerprint density at radius 2 is 1.63 bits per heavy atom. The number of hydrogen-bond acceptors (Lipinski definition) is 5. The van der Waals surface area contributed by atoms with Gasteiger partial charge in [0.1, 0.15) is 5.01 Å². The van der Waals surface area contributed by atoms with Gasteiger partial charge >= 0.3 is 6.18 Å². The minimum Gasteiger partial charge on any atom is -0.339 e. The lowest BCUT2D eigenvalue weighted by Gasteiger charge is -2.35. The van der Waals surface area contributed by atoms with Gasteiger partial charge in [0, 0.05) is 35.8 Å². The lowest BCUT2D eigenvalue weighted by molar-refractivity contribution is -0.137. The first-order valence-electron chi connectivity index (χ1n) is 11.3. The van der Waals surface area contributed by atoms with Crippen LogP contribution in [-0.2, 0) is 6.18 Å². The van der Waals surface area contributed by atoms with Gasteiger partial charge in [0.05, 0.1) is 17.5 Å². The summed E-state index contributed by atoms with van der Waals surface area (Å²) in [5, 5.41) is 5.34. The lowest BCUT2D eigenvalue weighted by atomic mass is 10.0. The molecule has 35 heavy (non-hydrogen) atoms. The molecule has 0 aliphatic carbocycles. The fourth-order valence-corrected chi connectivity index (χ4v) is 5.24. The van der Waals surface area contributed by atoms with Crippen LogP contribution in [-0.4, -0.2) is 63.5 Å². The van der Waals surface area contributed by atoms with Gasteiger partial charge in [0.2, 0.25) is 4.96 Å². The van der Waals surface area contributed by atoms with Crippen LogP contribution in [0.3, 0.4) is 0 Å². The third kappa shape index (κ3) is 4.68. The maximum absolute atomic E-state index is 12.9. The highest BCUT2D eigenvalue weighted by atomic mass is 32.1. The highest BCUT2D eigenvalue weighted by Crippen LogP contribution is 2.33. The summed E-state index contributed by atoms with van der Waals surface area (Å²) in [4.78, 5) is 22.1. The van der Waals surface area contributed by atoms with E-state index < -0.39 is 11.7 Å². The summed E-state index contributed by atoms with van der Waals surface area (Å²) in [6, 6.07) is 12.8. The molecule has 1 amide bonds. The molecule has 10 heteroatoms. The number of imidazole rings is 1. The summed E-state index contributed by atoms with van der Waals surface area (Å²) in [6.07, 6.45) is -0.838. The number of hydrogen-bond donors (Lipinski definition) is 0. The van der Waals surface area contributed by atoms with Gasteiger partial charge in [-0.25, -0.2) is 9.50 Å². The van der Waals surface area contributed by atoms with Crippen LogP contribution in [0.25, 0.3) is 26.8 Å². The molecule has 182 valence electrons. The van der Waals surface area contributed by atoms with Gasteiger partial charge in [-0.2, -0.15) is 18.3 Å². The van der Waals surface area contributed by atoms with Crippen LogP contribution in [0.15, 0.2) is 54.7 Å². The SMILES string of the molecule is CN(C)C1CCN(C(=O)c2ccc(-c3nn4c(-c5ccc(C(F)(F)F)cc5)cnc4s3)cc2)CC1. The number of fused-ring (bicyclic) bond motifs is 1. The molecule has 1 saturated heterocycles. The predicted molar refractivity (Wildman–Crippen MR) is 129 cm³/mol. The van der Waals surface area contributed by atoms with Gasteiger partial charge in [-0.3, -0.25) is 4.79 Å². The molecule has 0 N–H and O–H groups in total. The number of carbonyl (C=O) groups excluding carboxylic acids is 1. The van der Waals surface area contributed by atoms with Crippen molar-refractivity contribution in [1.29, 1.82) is 0 Å². The molecule has 1 fully saturated rings. The van der Waals surface area contributed by atoms with E-state index in [0.29, 0.717) is 32.8 Å². The quantitative estimate of drug-likeness (QED) is 0.382. The number of amides is 1. The summed E-state index contributed by atoms with van der Waals surface area (Å²) in [5.74, 6) is 0.0345. The maximum Gasteiger partial charge on any atom is 0.416 e. The molecular weight excluding hydrogens is 475 g/mol. The number of benzene rings is 2. The van der Waals surface area contributed by atoms with Crippen LogP contribution in [0.1, 0.15) is 28.8 Å². The minimum atomic E-state index is -4.38. The average Bonchev–Trinajstić information content (AvgIpc) is 3.44. The molecule has 3 heterocycles. The number of rotatable bonds is 4. The van der Waals surface area contributed by atoms with Crippen molar-refractivity contribution in [1.82, 2.24) is 24.4 Å². The normalized spacial score (nSPS) is 15.3. The number of likely N-dealkylation sites (tertiary alicyclic amines) is 1. The van der Waals surface area contributed by atoms with Gasteiger partial charge in [-0.05, 0) is 51.2 Å². The van der Waals surface area contributed by atoms with Crippen LogP contribution < -0.4 is 0 Å². The minimum absolute atomic E-state index is 0.0345. The Balaban J connectivity index is 1.33. The fourth-order valence-electron chi connectivity index (χ4n) is 4.36. The molecule has 0 bridgehead atoms. The van der Waals surface area contributed by atoms with Crippen LogP contribution in [0, 0.1) is 0 Å². The van der Waals surface area contributed by atoms with Crippen molar-refractivity contribution >= 4 is 22.2 Å². The highest BCUT2D eigenvalue weighted by molar-refractivity contribution is 7.19. The molecule has 6 nitrogen and oxygen atoms in total. The molecule has 0 atom stereocenters. The molecule has 4 aromatic rings. The third-order valence-electron chi connectivity index (χ3n) is 6.45. The van der Waals surface area contributed by atoms with E-state index in [1.54, 1.807) is 10.7 Å². The van der Waals surface area contributed by atoms with E-state index in [1.807, 2.05) is 29.2 Å². The molecule has 5 rings (SSSR count). The maximum atomic E-state index is 12.9. The summed E-state index contributed by atoms with van der Waals surface area (Å²) in [5.41, 5.74) is 2.01. The summed E-state index contributed by atoms with van der Waals surface area (Å²) >= 11 is 1.38. The van der Waals surface area contributed by atoms with E-state index in [-0.39, 0.29) is 5.91 Å². The standard InChI is InChI=1S/C25H24F3N5OS/c1-31(2)20-11-13-32(14-12-20)23(34)18-5-3-17(4-6-18)22-30-33-21(15-29-24(33)35-22)16-7-9-19(10-8-16)25(26,27)28/h3-10,15,20H,11-14H2,1-2H3. The van der Waals surface area contributed by atoms with E-state index in [2.05, 4.69) is 29.1 Å². The average molecular weight is 500 g/mol. The summed E-state index contributed by atoms with van der Waals surface area (Å²) in [6.45, 7) is 1.50. The molecular formula is C25H24F3N5OS. The van der Waals surface area contributed by atoms with Gasteiger partial charge in [-0.15, -0.1) is 0 Å². The third-order valence-corrected chi connectivity index (χ3v) is 7.43. The number of nitrogens with zero attached hydrogens (tertiary/aromatic N) is 5. The van der Waals surface area contributed by atoms with Crippen molar-refractivity contribution in [2.45, 2.75) is 25.1 Å². The number of piperidine rings is 1. The molecule has 0 saturated carbocycles. The molecule has 1 aliphatic heterocycles. The Morgan fingerprint density at radius 1 is 1.00 bits per heavy atom. The van der Waals surface area contributed by atoms with Crippen molar-refractivity contribution in [3.63, 3.8) is 0 Å². The Bertz CT molecular complexity index is 1330. The van der Waals surface area contributed by atoms with Gasteiger partial charge in [0.25, 0.3) is 5.91 Å². The fraction of sp³-hybridized carbons (Fsp3) is 0.320. The van der Waals surface area contributed by atoms with Gasteiger partial charge < -0.3 is 9.80 Å². The Morgan fingerprint density at radius 3 is 2.23 bits per heavy atom. The van der Waals surface area contributed by atoms with Crippen LogP contribution >= 0.6 is 11.3 Å². The Hall–Kier alpha value is -3.24. The van der Waals surface area contributed by atoms with Crippen molar-refractivity contribution in [3.05, 3.63) is 65.9 Å². The first-order chi connectivity index (χ1) is 16.7. The van der Waals surface area contributed by atoms with E-state index in [4.69, 9.17) is 0 Å². The smallest absolute Gasteiger partial charge is 0.339 e. The van der Waals surface area contributed by atoms with Gasteiger partial charge in [0.15, 0.2) is 0 Å². The summed E-state index contributed by atoms with van der Waals surface area (Å²) < 4.78 is 40.3. The van der Waals surface area contributed by atoms with E-state index in [9.17, 15) is 18.0 Å². The second-order valence-corrected chi connectivity index (χ2v) is 9.84. The largest absolute Gasteiger partial charge is 0.416 e. The van der Waals surface area contributed by atoms with Crippen LogP contribution in [0.4, 0.5) is 13.2 Å². The van der Waals surface area contributed by atoms with E-state index >= 15 is 0 Å². The van der Waals surface area contributed by atoms with E-state index in [1.165, 1.54) is 23.5 Å². The van der Waals surface area contributed by atoms with E-state index in [0.717, 1.165) is 43.6 Å². The number of carbonyl (C=O) groups is 1. The lowest BCUT2D eigenvalue weighted by Crippen LogP contribution is -2.44. The first kappa shape index (κ1) is 23.5.